The first kappa shape index (κ1) is 35.5. The van der Waals surface area contributed by atoms with Crippen molar-refractivity contribution in [2.24, 2.45) is 0 Å². The van der Waals surface area contributed by atoms with Crippen molar-refractivity contribution in [1.29, 1.82) is 0 Å². The van der Waals surface area contributed by atoms with Crippen molar-refractivity contribution >= 4 is 74.8 Å². The van der Waals surface area contributed by atoms with Crippen LogP contribution in [0.3, 0.4) is 0 Å². The molecule has 0 N–H and O–H groups in total. The summed E-state index contributed by atoms with van der Waals surface area (Å²) in [5.74, 6) is 0. The molecule has 2 radical (unpaired) electrons. The second kappa shape index (κ2) is 18.8. The van der Waals surface area contributed by atoms with Crippen LogP contribution in [0.15, 0.2) is 127 Å². The normalized spacial score (nSPS) is 9.28. The second-order valence-corrected chi connectivity index (χ2v) is 8.72. The molecule has 7 aromatic carbocycles. The summed E-state index contributed by atoms with van der Waals surface area (Å²) < 4.78 is 0. The van der Waals surface area contributed by atoms with Crippen LogP contribution < -0.4 is 0 Å². The van der Waals surface area contributed by atoms with E-state index in [2.05, 4.69) is 131 Å². The van der Waals surface area contributed by atoms with E-state index >= 15 is 0 Å². The van der Waals surface area contributed by atoms with Crippen LogP contribution in [0, 0.1) is 26.8 Å². The van der Waals surface area contributed by atoms with Crippen molar-refractivity contribution in [3.05, 3.63) is 152 Å². The predicted octanol–water partition coefficient (Wildman–Crippen LogP) is 10.8. The van der Waals surface area contributed by atoms with E-state index in [1.54, 1.807) is 6.92 Å². The van der Waals surface area contributed by atoms with Crippen LogP contribution in [-0.4, -0.2) is 6.88 Å². The summed E-state index contributed by atoms with van der Waals surface area (Å²) in [6.07, 6.45) is 0. The van der Waals surface area contributed by atoms with Gasteiger partial charge in [0.15, 0.2) is 0 Å². The minimum absolute atomic E-state index is 0. The first-order valence-electron chi connectivity index (χ1n) is 12.7. The number of fused-ring (bicyclic) bond motifs is 6. The molecule has 0 nitrogen and oxygen atoms in total. The van der Waals surface area contributed by atoms with Crippen molar-refractivity contribution in [3.63, 3.8) is 0 Å². The summed E-state index contributed by atoms with van der Waals surface area (Å²) in [6.45, 7) is 12.4. The first-order valence-corrected chi connectivity index (χ1v) is 16.8. The zero-order chi connectivity index (χ0) is 27.3. The van der Waals surface area contributed by atoms with Crippen LogP contribution in [0.2, 0.25) is 0 Å². The average molecular weight is 657 g/mol. The molecule has 0 spiro atoms. The molecule has 0 bridgehead atoms. The predicted molar refractivity (Wildman–Crippen MR) is 180 cm³/mol. The van der Waals surface area contributed by atoms with Gasteiger partial charge in [-0.2, -0.15) is 55.5 Å². The van der Waals surface area contributed by atoms with Crippen molar-refractivity contribution < 1.29 is 23.3 Å². The Kier molecular flexibility index (Phi) is 16.7. The van der Waals surface area contributed by atoms with Crippen molar-refractivity contribution in [2.75, 3.05) is 0 Å². The molecule has 0 unspecified atom stereocenters. The molecule has 0 heterocycles. The van der Waals surface area contributed by atoms with Gasteiger partial charge in [0.1, 0.15) is 0 Å². The number of halogens is 2. The van der Waals surface area contributed by atoms with Gasteiger partial charge in [-0.25, -0.2) is 0 Å². The monoisotopic (exact) mass is 654 g/mol. The Morgan fingerprint density at radius 3 is 1.27 bits per heavy atom. The number of hydrogen-bond acceptors (Lipinski definition) is 0. The fraction of sp³-hybridized carbons (Fsp3) is 0.0833. The minimum Gasteiger partial charge on any atom is -0.184 e. The Morgan fingerprint density at radius 1 is 0.550 bits per heavy atom. The first-order chi connectivity index (χ1) is 18.7. The van der Waals surface area contributed by atoms with E-state index in [4.69, 9.17) is 0 Å². The molecule has 0 atom stereocenters. The van der Waals surface area contributed by atoms with E-state index in [0.717, 1.165) is 0 Å². The Morgan fingerprint density at radius 2 is 0.925 bits per heavy atom. The molecule has 0 saturated carbocycles. The Hall–Kier alpha value is -2.48. The summed E-state index contributed by atoms with van der Waals surface area (Å²) >= 11 is 1.36. The van der Waals surface area contributed by atoms with E-state index in [1.165, 1.54) is 77.6 Å². The molecule has 0 amide bonds. The van der Waals surface area contributed by atoms with Gasteiger partial charge >= 0.3 is 30.2 Å². The fourth-order valence-electron chi connectivity index (χ4n) is 4.57. The minimum atomic E-state index is 0. The van der Waals surface area contributed by atoms with E-state index < -0.39 is 0 Å². The van der Waals surface area contributed by atoms with Crippen LogP contribution in [0.4, 0.5) is 0 Å². The van der Waals surface area contributed by atoms with Gasteiger partial charge in [-0.15, -0.1) is 81.8 Å². The van der Waals surface area contributed by atoms with Crippen LogP contribution in [0.1, 0.15) is 18.1 Å². The van der Waals surface area contributed by atoms with E-state index in [-0.39, 0.29) is 24.8 Å². The standard InChI is InChI=1S/2C14H11.C6H5.C2H5.2ClH.Si.Zr/c2*1-10-8-12-7-6-11-4-2-3-5-13(11)14(12)9-10;1-2-4-6-5-3-1;1-2;;;;/h2*2-9H,1H3;1-5H;1H2,2H3;2*1H;;/q4*-1;;;;. The van der Waals surface area contributed by atoms with Gasteiger partial charge in [-0.05, 0) is 0 Å². The van der Waals surface area contributed by atoms with E-state index in [9.17, 15) is 0 Å². The maximum Gasteiger partial charge on any atom is -0.171 e. The summed E-state index contributed by atoms with van der Waals surface area (Å²) in [5, 5.41) is 10.8. The van der Waals surface area contributed by atoms with Gasteiger partial charge in [-0.3, -0.25) is 0 Å². The van der Waals surface area contributed by atoms with Crippen LogP contribution in [-0.2, 0) is 23.3 Å². The topological polar surface area (TPSA) is 0 Å². The molecule has 7 aromatic rings. The van der Waals surface area contributed by atoms with Crippen LogP contribution in [0.25, 0.3) is 43.1 Å². The molecule has 7 rings (SSSR count). The molecule has 4 heteroatoms. The smallest absolute Gasteiger partial charge is 0.171 e. The van der Waals surface area contributed by atoms with Gasteiger partial charge in [0, 0.05) is 0 Å². The molecule has 40 heavy (non-hydrogen) atoms. The molecule has 0 saturated heterocycles. The third kappa shape index (κ3) is 9.28. The van der Waals surface area contributed by atoms with Crippen molar-refractivity contribution in [3.8, 4) is 0 Å². The van der Waals surface area contributed by atoms with Crippen LogP contribution in [0.5, 0.6) is 0 Å². The summed E-state index contributed by atoms with van der Waals surface area (Å²) in [5.41, 5.74) is 2.69. The summed E-state index contributed by atoms with van der Waals surface area (Å²) in [4.78, 5) is 0. The number of aryl methyl sites for hydroxylation is 2. The van der Waals surface area contributed by atoms with Gasteiger partial charge in [0.05, 0.1) is 0 Å². The second-order valence-electron chi connectivity index (χ2n) is 8.72. The molecular weight excluding hydrogens is 623 g/mol. The summed E-state index contributed by atoms with van der Waals surface area (Å²) in [7, 11) is 0. The van der Waals surface area contributed by atoms with Gasteiger partial charge < -0.3 is 6.92 Å². The van der Waals surface area contributed by atoms with E-state index in [1.807, 2.05) is 30.3 Å². The third-order valence-corrected chi connectivity index (χ3v) is 6.13. The Bertz CT molecular complexity index is 1560. The maximum absolute atomic E-state index is 3.25. The molecular formula is C36H34Cl2SiZr-4. The summed E-state index contributed by atoms with van der Waals surface area (Å²) in [6, 6.07) is 47.4. The number of rotatable bonds is 0. The number of hydrogen-bond donors (Lipinski definition) is 0. The maximum atomic E-state index is 3.25. The Labute approximate surface area is 268 Å². The SMILES string of the molecule is Cc1cc2ccc3ccccc3c2[cH-]1.Cc1cc2ccc3ccccc3c2[cH-]1.Cl.Cl.[CH2-]C.[Si]=[Zr].[c-]1ccccc1. The number of benzene rings is 5. The molecule has 0 aromatic heterocycles. The Balaban J connectivity index is 0.000000292. The van der Waals surface area contributed by atoms with Gasteiger partial charge in [0.25, 0.3) is 0 Å². The van der Waals surface area contributed by atoms with Crippen molar-refractivity contribution in [2.45, 2.75) is 20.8 Å². The molecule has 0 fully saturated rings. The zero-order valence-electron chi connectivity index (χ0n) is 23.1. The average Bonchev–Trinajstić information content (AvgIpc) is 3.58. The van der Waals surface area contributed by atoms with Gasteiger partial charge in [0.2, 0.25) is 0 Å². The third-order valence-electron chi connectivity index (χ3n) is 6.13. The quantitative estimate of drug-likeness (QED) is 0.113. The van der Waals surface area contributed by atoms with Crippen molar-refractivity contribution in [1.82, 2.24) is 0 Å². The largest absolute Gasteiger partial charge is 0.184 e. The fourth-order valence-corrected chi connectivity index (χ4v) is 4.57. The van der Waals surface area contributed by atoms with E-state index in [0.29, 0.717) is 0 Å². The van der Waals surface area contributed by atoms with Crippen LogP contribution >= 0.6 is 24.8 Å². The molecule has 0 aliphatic rings. The molecule has 204 valence electrons. The zero-order valence-corrected chi connectivity index (χ0v) is 28.2. The molecule has 0 aliphatic heterocycles. The van der Waals surface area contributed by atoms with Gasteiger partial charge in [-0.1, -0.05) is 96.1 Å². The molecule has 0 aliphatic carbocycles.